The van der Waals surface area contributed by atoms with Gasteiger partial charge >= 0.3 is 0 Å². The Hall–Kier alpha value is -2.54. The number of aryl methyl sites for hydroxylation is 1. The van der Waals surface area contributed by atoms with E-state index < -0.39 is 5.91 Å². The number of nitrogens with two attached hydrogens (primary N) is 1. The van der Waals surface area contributed by atoms with Gasteiger partial charge in [-0.05, 0) is 67.7 Å². The number of carbonyl (C=O) groups excluding carboxylic acids is 2. The zero-order chi connectivity index (χ0) is 21.3. The van der Waals surface area contributed by atoms with Crippen LogP contribution < -0.4 is 11.1 Å². The van der Waals surface area contributed by atoms with Crippen molar-refractivity contribution in [1.82, 2.24) is 0 Å². The average Bonchev–Trinajstić information content (AvgIpc) is 3.30. The smallest absolute Gasteiger partial charge is 0.251 e. The molecule has 0 saturated heterocycles. The monoisotopic (exact) mass is 460 g/mol. The van der Waals surface area contributed by atoms with Gasteiger partial charge in [-0.2, -0.15) is 0 Å². The molecule has 2 aromatic heterocycles. The van der Waals surface area contributed by atoms with E-state index in [0.29, 0.717) is 32.1 Å². The van der Waals surface area contributed by atoms with Crippen LogP contribution in [0.2, 0.25) is 10.0 Å². The Bertz CT molecular complexity index is 1140. The number of hydrogen-bond acceptors (Lipinski definition) is 4. The molecule has 4 rings (SSSR count). The van der Waals surface area contributed by atoms with Crippen molar-refractivity contribution in [1.29, 1.82) is 0 Å². The number of benzene rings is 1. The molecule has 2 amide bonds. The van der Waals surface area contributed by atoms with E-state index in [1.54, 1.807) is 36.4 Å². The fourth-order valence-electron chi connectivity index (χ4n) is 3.52. The molecule has 1 aliphatic carbocycles. The molecule has 3 aromatic rings. The topological polar surface area (TPSA) is 85.3 Å². The number of amides is 2. The number of halogens is 2. The van der Waals surface area contributed by atoms with Crippen molar-refractivity contribution < 1.29 is 14.0 Å². The molecule has 154 valence electrons. The van der Waals surface area contributed by atoms with Gasteiger partial charge in [0.2, 0.25) is 5.91 Å². The van der Waals surface area contributed by atoms with Gasteiger partial charge in [0.05, 0.1) is 5.56 Å². The van der Waals surface area contributed by atoms with Crippen LogP contribution in [0.15, 0.2) is 40.8 Å². The van der Waals surface area contributed by atoms with Crippen LogP contribution >= 0.6 is 34.5 Å². The predicted octanol–water partition coefficient (Wildman–Crippen LogP) is 5.94. The Morgan fingerprint density at radius 2 is 1.83 bits per heavy atom. The Morgan fingerprint density at radius 1 is 1.10 bits per heavy atom. The second kappa shape index (κ2) is 8.68. The molecule has 0 aliphatic heterocycles. The third-order valence-electron chi connectivity index (χ3n) is 4.83. The fourth-order valence-corrected chi connectivity index (χ4v) is 5.34. The van der Waals surface area contributed by atoms with Gasteiger partial charge in [0.25, 0.3) is 5.91 Å². The first-order valence-electron chi connectivity index (χ1n) is 9.40. The molecule has 0 saturated carbocycles. The summed E-state index contributed by atoms with van der Waals surface area (Å²) in [5, 5.41) is 4.32. The standard InChI is InChI=1S/C22H18Cl2N2O3S/c23-13-9-12(10-14(24)11-13)17-7-5-15(29-17)6-8-19(27)26-22-20(21(25)28)16-3-1-2-4-18(16)30-22/h5-11H,1-4H2,(H2,25,28)(H,26,27)/b8-6+. The molecule has 0 radical (unpaired) electrons. The molecule has 2 heterocycles. The van der Waals surface area contributed by atoms with Crippen LogP contribution in [0.1, 0.15) is 39.4 Å². The maximum absolute atomic E-state index is 12.4. The highest BCUT2D eigenvalue weighted by molar-refractivity contribution is 7.17. The van der Waals surface area contributed by atoms with Gasteiger partial charge in [0.1, 0.15) is 16.5 Å². The molecule has 5 nitrogen and oxygen atoms in total. The number of nitrogens with one attached hydrogen (secondary N) is 1. The molecular formula is C22H18Cl2N2O3S. The minimum Gasteiger partial charge on any atom is -0.457 e. The summed E-state index contributed by atoms with van der Waals surface area (Å²) in [5.41, 5.74) is 7.73. The van der Waals surface area contributed by atoms with Gasteiger partial charge in [-0.15, -0.1) is 11.3 Å². The number of rotatable bonds is 5. The second-order valence-electron chi connectivity index (χ2n) is 6.96. The highest BCUT2D eigenvalue weighted by Crippen LogP contribution is 2.38. The van der Waals surface area contributed by atoms with Crippen molar-refractivity contribution in [3.63, 3.8) is 0 Å². The van der Waals surface area contributed by atoms with Gasteiger partial charge in [-0.1, -0.05) is 23.2 Å². The minimum atomic E-state index is -0.510. The predicted molar refractivity (Wildman–Crippen MR) is 121 cm³/mol. The van der Waals surface area contributed by atoms with Crippen molar-refractivity contribution in [2.75, 3.05) is 5.32 Å². The van der Waals surface area contributed by atoms with E-state index in [9.17, 15) is 9.59 Å². The summed E-state index contributed by atoms with van der Waals surface area (Å²) < 4.78 is 5.75. The van der Waals surface area contributed by atoms with E-state index in [1.165, 1.54) is 17.4 Å². The van der Waals surface area contributed by atoms with Gasteiger partial charge in [-0.3, -0.25) is 9.59 Å². The van der Waals surface area contributed by atoms with Crippen LogP contribution in [0.4, 0.5) is 5.00 Å². The van der Waals surface area contributed by atoms with Crippen molar-refractivity contribution in [2.45, 2.75) is 25.7 Å². The average molecular weight is 461 g/mol. The van der Waals surface area contributed by atoms with Crippen LogP contribution in [0.3, 0.4) is 0 Å². The molecule has 0 fully saturated rings. The number of primary amides is 1. The second-order valence-corrected chi connectivity index (χ2v) is 8.94. The summed E-state index contributed by atoms with van der Waals surface area (Å²) in [6.45, 7) is 0. The van der Waals surface area contributed by atoms with E-state index in [1.807, 2.05) is 0 Å². The van der Waals surface area contributed by atoms with Crippen molar-refractivity contribution in [3.05, 3.63) is 68.2 Å². The molecule has 0 bridgehead atoms. The van der Waals surface area contributed by atoms with Gasteiger partial charge < -0.3 is 15.5 Å². The van der Waals surface area contributed by atoms with Gasteiger partial charge in [0, 0.05) is 26.6 Å². The van der Waals surface area contributed by atoms with E-state index in [0.717, 1.165) is 41.7 Å². The summed E-state index contributed by atoms with van der Waals surface area (Å²) in [5.74, 6) is 0.211. The summed E-state index contributed by atoms with van der Waals surface area (Å²) in [6.07, 6.45) is 6.75. The number of furan rings is 1. The lowest BCUT2D eigenvalue weighted by molar-refractivity contribution is -0.111. The Balaban J connectivity index is 1.49. The molecule has 0 spiro atoms. The molecule has 1 aliphatic rings. The van der Waals surface area contributed by atoms with Crippen molar-refractivity contribution in [2.24, 2.45) is 5.73 Å². The Labute approximate surface area is 187 Å². The summed E-state index contributed by atoms with van der Waals surface area (Å²) in [6, 6.07) is 8.65. The molecule has 30 heavy (non-hydrogen) atoms. The van der Waals surface area contributed by atoms with Crippen molar-refractivity contribution >= 4 is 57.4 Å². The fraction of sp³-hybridized carbons (Fsp3) is 0.182. The molecule has 8 heteroatoms. The Kier molecular flexibility index (Phi) is 5.99. The molecule has 1 aromatic carbocycles. The van der Waals surface area contributed by atoms with Crippen LogP contribution in [0, 0.1) is 0 Å². The SMILES string of the molecule is NC(=O)c1c(NC(=O)/C=C/c2ccc(-c3cc(Cl)cc(Cl)c3)o2)sc2c1CCCC2. The summed E-state index contributed by atoms with van der Waals surface area (Å²) in [7, 11) is 0. The Morgan fingerprint density at radius 3 is 2.57 bits per heavy atom. The lowest BCUT2D eigenvalue weighted by atomic mass is 9.95. The lowest BCUT2D eigenvalue weighted by Gasteiger charge is -2.11. The van der Waals surface area contributed by atoms with E-state index >= 15 is 0 Å². The zero-order valence-corrected chi connectivity index (χ0v) is 18.2. The molecular weight excluding hydrogens is 443 g/mol. The molecule has 0 unspecified atom stereocenters. The highest BCUT2D eigenvalue weighted by Gasteiger charge is 2.24. The number of anilines is 1. The number of fused-ring (bicyclic) bond motifs is 1. The third-order valence-corrected chi connectivity index (χ3v) is 6.47. The maximum atomic E-state index is 12.4. The number of thiophene rings is 1. The highest BCUT2D eigenvalue weighted by atomic mass is 35.5. The quantitative estimate of drug-likeness (QED) is 0.461. The van der Waals surface area contributed by atoms with Crippen molar-refractivity contribution in [3.8, 4) is 11.3 Å². The van der Waals surface area contributed by atoms with E-state index in [4.69, 9.17) is 33.4 Å². The maximum Gasteiger partial charge on any atom is 0.251 e. The van der Waals surface area contributed by atoms with E-state index in [2.05, 4.69) is 5.32 Å². The first-order chi connectivity index (χ1) is 14.4. The van der Waals surface area contributed by atoms with Crippen LogP contribution in [0.5, 0.6) is 0 Å². The third kappa shape index (κ3) is 4.46. The van der Waals surface area contributed by atoms with Gasteiger partial charge in [0.15, 0.2) is 0 Å². The van der Waals surface area contributed by atoms with Crippen LogP contribution in [0.25, 0.3) is 17.4 Å². The number of hydrogen-bond donors (Lipinski definition) is 2. The van der Waals surface area contributed by atoms with Crippen LogP contribution in [-0.4, -0.2) is 11.8 Å². The van der Waals surface area contributed by atoms with Gasteiger partial charge in [-0.25, -0.2) is 0 Å². The minimum absolute atomic E-state index is 0.361. The first-order valence-corrected chi connectivity index (χ1v) is 11.0. The summed E-state index contributed by atoms with van der Waals surface area (Å²) in [4.78, 5) is 25.5. The normalized spacial score (nSPS) is 13.4. The van der Waals surface area contributed by atoms with E-state index in [-0.39, 0.29) is 5.91 Å². The first kappa shape index (κ1) is 20.7. The van der Waals surface area contributed by atoms with Crippen LogP contribution in [-0.2, 0) is 17.6 Å². The zero-order valence-electron chi connectivity index (χ0n) is 15.8. The molecule has 0 atom stereocenters. The molecule has 3 N–H and O–H groups in total. The lowest BCUT2D eigenvalue weighted by Crippen LogP contribution is -2.17. The largest absolute Gasteiger partial charge is 0.457 e. The summed E-state index contributed by atoms with van der Waals surface area (Å²) >= 11 is 13.5. The number of carbonyl (C=O) groups is 2.